The molecule has 0 saturated carbocycles. The van der Waals surface area contributed by atoms with Gasteiger partial charge in [0.05, 0.1) is 18.3 Å². The zero-order valence-electron chi connectivity index (χ0n) is 12.6. The van der Waals surface area contributed by atoms with Gasteiger partial charge in [-0.05, 0) is 35.7 Å². The van der Waals surface area contributed by atoms with Crippen LogP contribution in [0.4, 0.5) is 0 Å². The fraction of sp³-hybridized carbons (Fsp3) is 0.286. The van der Waals surface area contributed by atoms with Crippen molar-refractivity contribution in [1.82, 2.24) is 4.72 Å². The summed E-state index contributed by atoms with van der Waals surface area (Å²) in [5.41, 5.74) is 0. The van der Waals surface area contributed by atoms with Crippen LogP contribution >= 0.6 is 11.3 Å². The van der Waals surface area contributed by atoms with Gasteiger partial charge in [-0.3, -0.25) is 0 Å². The topological polar surface area (TPSA) is 89.5 Å². The van der Waals surface area contributed by atoms with E-state index in [0.717, 1.165) is 6.26 Å². The fourth-order valence-electron chi connectivity index (χ4n) is 1.99. The summed E-state index contributed by atoms with van der Waals surface area (Å²) in [5, 5.41) is 0.775. The lowest BCUT2D eigenvalue weighted by Gasteiger charge is -2.17. The lowest BCUT2D eigenvalue weighted by molar-refractivity contribution is 0.414. The molecule has 1 aromatic carbocycles. The highest BCUT2D eigenvalue weighted by Gasteiger charge is 2.30. The van der Waals surface area contributed by atoms with Gasteiger partial charge >= 0.3 is 0 Å². The Morgan fingerprint density at radius 1 is 1.13 bits per heavy atom. The molecule has 1 unspecified atom stereocenters. The molecule has 2 rings (SSSR count). The minimum absolute atomic E-state index is 0.118. The number of ether oxygens (including phenoxy) is 1. The highest BCUT2D eigenvalue weighted by atomic mass is 32.2. The Morgan fingerprint density at radius 2 is 1.78 bits per heavy atom. The quantitative estimate of drug-likeness (QED) is 0.797. The first-order chi connectivity index (χ1) is 10.7. The van der Waals surface area contributed by atoms with E-state index in [1.165, 1.54) is 30.6 Å². The summed E-state index contributed by atoms with van der Waals surface area (Å²) in [6.07, 6.45) is 0.998. The smallest absolute Gasteiger partial charge is 0.208 e. The average molecular weight is 375 g/mol. The van der Waals surface area contributed by atoms with E-state index in [4.69, 9.17) is 4.74 Å². The Bertz CT molecular complexity index is 840. The summed E-state index contributed by atoms with van der Waals surface area (Å²) in [7, 11) is -5.74. The van der Waals surface area contributed by atoms with Gasteiger partial charge in [0.2, 0.25) is 10.0 Å². The number of sulfonamides is 1. The predicted molar refractivity (Wildman–Crippen MR) is 90.1 cm³/mol. The highest BCUT2D eigenvalue weighted by molar-refractivity contribution is 7.92. The van der Waals surface area contributed by atoms with Crippen LogP contribution in [0.1, 0.15) is 10.1 Å². The van der Waals surface area contributed by atoms with E-state index in [1.54, 1.807) is 29.6 Å². The van der Waals surface area contributed by atoms with Crippen LogP contribution in [-0.2, 0) is 19.9 Å². The van der Waals surface area contributed by atoms with Gasteiger partial charge in [-0.25, -0.2) is 21.6 Å². The zero-order valence-corrected chi connectivity index (χ0v) is 15.0. The van der Waals surface area contributed by atoms with Crippen molar-refractivity contribution in [3.8, 4) is 5.75 Å². The molecule has 0 radical (unpaired) electrons. The van der Waals surface area contributed by atoms with Crippen LogP contribution < -0.4 is 9.46 Å². The maximum Gasteiger partial charge on any atom is 0.208 e. The van der Waals surface area contributed by atoms with Crippen molar-refractivity contribution < 1.29 is 21.6 Å². The lowest BCUT2D eigenvalue weighted by Crippen LogP contribution is -2.30. The van der Waals surface area contributed by atoms with Crippen LogP contribution in [0.5, 0.6) is 5.75 Å². The first-order valence-corrected chi connectivity index (χ1v) is 10.9. The van der Waals surface area contributed by atoms with E-state index in [2.05, 4.69) is 4.72 Å². The number of nitrogens with one attached hydrogen (secondary N) is 1. The molecule has 0 amide bonds. The molecule has 0 fully saturated rings. The Hall–Kier alpha value is -1.42. The van der Waals surface area contributed by atoms with Gasteiger partial charge in [0.15, 0.2) is 9.84 Å². The maximum atomic E-state index is 12.9. The first-order valence-electron chi connectivity index (χ1n) is 6.60. The second-order valence-electron chi connectivity index (χ2n) is 4.85. The van der Waals surface area contributed by atoms with Gasteiger partial charge in [-0.2, -0.15) is 0 Å². The van der Waals surface area contributed by atoms with E-state index < -0.39 is 25.1 Å². The van der Waals surface area contributed by atoms with Gasteiger partial charge < -0.3 is 4.74 Å². The molecule has 126 valence electrons. The standard InChI is InChI=1S/C14H17NO5S3/c1-20-11-5-7-12(8-6-11)23(18,19)14(10-15-22(2,16)17)13-4-3-9-21-13/h3-9,14-15H,10H2,1-2H3. The van der Waals surface area contributed by atoms with Crippen LogP contribution in [0, 0.1) is 0 Å². The third-order valence-electron chi connectivity index (χ3n) is 3.15. The van der Waals surface area contributed by atoms with Crippen molar-refractivity contribution >= 4 is 31.2 Å². The summed E-state index contributed by atoms with van der Waals surface area (Å²) in [6.45, 7) is -0.215. The minimum Gasteiger partial charge on any atom is -0.497 e. The van der Waals surface area contributed by atoms with Crippen LogP contribution in [0.3, 0.4) is 0 Å². The minimum atomic E-state index is -3.74. The SMILES string of the molecule is COc1ccc(S(=O)(=O)C(CNS(C)(=O)=O)c2cccs2)cc1. The van der Waals surface area contributed by atoms with Gasteiger partial charge in [0.1, 0.15) is 11.0 Å². The summed E-state index contributed by atoms with van der Waals surface area (Å²) in [6, 6.07) is 9.44. The number of thiophene rings is 1. The molecule has 0 spiro atoms. The first kappa shape index (κ1) is 17.9. The van der Waals surface area contributed by atoms with E-state index in [1.807, 2.05) is 0 Å². The molecule has 1 heterocycles. The largest absolute Gasteiger partial charge is 0.497 e. The predicted octanol–water partition coefficient (Wildman–Crippen LogP) is 1.82. The van der Waals surface area contributed by atoms with E-state index in [9.17, 15) is 16.8 Å². The van der Waals surface area contributed by atoms with Crippen LogP contribution in [-0.4, -0.2) is 36.7 Å². The number of benzene rings is 1. The summed E-state index contributed by atoms with van der Waals surface area (Å²) in [4.78, 5) is 0.698. The molecule has 6 nitrogen and oxygen atoms in total. The Labute approximate surface area is 140 Å². The van der Waals surface area contributed by atoms with Crippen molar-refractivity contribution in [1.29, 1.82) is 0 Å². The summed E-state index contributed by atoms with van der Waals surface area (Å²) < 4.78 is 55.7. The van der Waals surface area contributed by atoms with Crippen LogP contribution in [0.2, 0.25) is 0 Å². The van der Waals surface area contributed by atoms with Crippen molar-refractivity contribution in [2.24, 2.45) is 0 Å². The van der Waals surface area contributed by atoms with Crippen molar-refractivity contribution in [3.63, 3.8) is 0 Å². The highest BCUT2D eigenvalue weighted by Crippen LogP contribution is 2.32. The van der Waals surface area contributed by atoms with Crippen LogP contribution in [0.25, 0.3) is 0 Å². The van der Waals surface area contributed by atoms with E-state index in [-0.39, 0.29) is 11.4 Å². The van der Waals surface area contributed by atoms with Gasteiger partial charge in [0.25, 0.3) is 0 Å². The Kier molecular flexibility index (Phi) is 5.45. The Balaban J connectivity index is 2.39. The molecule has 0 bridgehead atoms. The number of hydrogen-bond acceptors (Lipinski definition) is 6. The fourth-order valence-corrected chi connectivity index (χ4v) is 5.35. The zero-order chi connectivity index (χ0) is 17.1. The molecule has 0 saturated heterocycles. The second-order valence-corrected chi connectivity index (χ2v) is 9.79. The molecule has 0 aliphatic rings. The van der Waals surface area contributed by atoms with Crippen molar-refractivity contribution in [3.05, 3.63) is 46.7 Å². The maximum absolute atomic E-state index is 12.9. The van der Waals surface area contributed by atoms with Gasteiger partial charge in [-0.1, -0.05) is 6.07 Å². The summed E-state index contributed by atoms with van der Waals surface area (Å²) >= 11 is 1.27. The molecule has 23 heavy (non-hydrogen) atoms. The lowest BCUT2D eigenvalue weighted by atomic mass is 10.3. The molecule has 1 atom stereocenters. The number of hydrogen-bond donors (Lipinski definition) is 1. The summed E-state index contributed by atoms with van der Waals surface area (Å²) in [5.74, 6) is 0.547. The third-order valence-corrected chi connectivity index (χ3v) is 7.08. The van der Waals surface area contributed by atoms with Gasteiger partial charge in [-0.15, -0.1) is 11.3 Å². The third kappa shape index (κ3) is 4.54. The molecule has 9 heteroatoms. The van der Waals surface area contributed by atoms with Crippen molar-refractivity contribution in [2.45, 2.75) is 10.1 Å². The van der Waals surface area contributed by atoms with E-state index >= 15 is 0 Å². The molecule has 0 aliphatic carbocycles. The van der Waals surface area contributed by atoms with Crippen LogP contribution in [0.15, 0.2) is 46.7 Å². The average Bonchev–Trinajstić information content (AvgIpc) is 3.00. The number of rotatable bonds is 7. The molecule has 0 aliphatic heterocycles. The molecular formula is C14H17NO5S3. The Morgan fingerprint density at radius 3 is 2.26 bits per heavy atom. The monoisotopic (exact) mass is 375 g/mol. The van der Waals surface area contributed by atoms with E-state index in [0.29, 0.717) is 10.6 Å². The molecule has 1 N–H and O–H groups in total. The second kappa shape index (κ2) is 7.00. The molecular weight excluding hydrogens is 358 g/mol. The number of methoxy groups -OCH3 is 1. The normalized spacial score (nSPS) is 13.7. The number of sulfone groups is 1. The van der Waals surface area contributed by atoms with Crippen molar-refractivity contribution in [2.75, 3.05) is 19.9 Å². The van der Waals surface area contributed by atoms with Gasteiger partial charge in [0, 0.05) is 11.4 Å². The molecule has 2 aromatic rings. The molecule has 1 aromatic heterocycles.